The molecule has 2 amide bonds. The third-order valence-electron chi connectivity index (χ3n) is 4.71. The van der Waals surface area contributed by atoms with Crippen molar-refractivity contribution in [2.45, 2.75) is 37.5 Å². The van der Waals surface area contributed by atoms with E-state index < -0.39 is 17.8 Å². The molecule has 0 atom stereocenters. The van der Waals surface area contributed by atoms with Crippen LogP contribution in [0.5, 0.6) is 0 Å². The van der Waals surface area contributed by atoms with Gasteiger partial charge in [0.15, 0.2) is 0 Å². The Morgan fingerprint density at radius 3 is 2.73 bits per heavy atom. The van der Waals surface area contributed by atoms with Gasteiger partial charge >= 0.3 is 12.0 Å². The summed E-state index contributed by atoms with van der Waals surface area (Å²) < 4.78 is 14.3. The molecule has 0 saturated heterocycles. The Kier molecular flexibility index (Phi) is 3.76. The minimum Gasteiger partial charge on any atom is -0.481 e. The van der Waals surface area contributed by atoms with E-state index in [-0.39, 0.29) is 18.4 Å². The van der Waals surface area contributed by atoms with Crippen molar-refractivity contribution in [1.82, 2.24) is 5.32 Å². The first kappa shape index (κ1) is 14.8. The number of fused-ring (bicyclic) bond motifs is 2. The number of carboxylic acids is 1. The number of nitrogens with zero attached hydrogens (tertiary/aromatic N) is 1. The van der Waals surface area contributed by atoms with Gasteiger partial charge in [0.1, 0.15) is 5.82 Å². The van der Waals surface area contributed by atoms with Crippen LogP contribution in [0.4, 0.5) is 14.9 Å². The van der Waals surface area contributed by atoms with Crippen LogP contribution in [-0.2, 0) is 10.2 Å². The summed E-state index contributed by atoms with van der Waals surface area (Å²) in [5.74, 6) is -1.37. The van der Waals surface area contributed by atoms with Crippen LogP contribution in [0.1, 0.15) is 37.7 Å². The number of hydrogen-bond acceptors (Lipinski definition) is 2. The molecule has 0 aromatic heterocycles. The Balaban J connectivity index is 1.85. The van der Waals surface area contributed by atoms with Gasteiger partial charge in [-0.15, -0.1) is 0 Å². The van der Waals surface area contributed by atoms with Crippen LogP contribution in [-0.4, -0.2) is 30.2 Å². The predicted molar refractivity (Wildman–Crippen MR) is 79.5 cm³/mol. The van der Waals surface area contributed by atoms with Crippen molar-refractivity contribution in [2.75, 3.05) is 18.0 Å². The van der Waals surface area contributed by atoms with Crippen LogP contribution in [0, 0.1) is 5.82 Å². The zero-order valence-corrected chi connectivity index (χ0v) is 12.3. The second-order valence-electron chi connectivity index (χ2n) is 6.09. The molecule has 1 spiro atoms. The van der Waals surface area contributed by atoms with Crippen LogP contribution < -0.4 is 10.2 Å². The van der Waals surface area contributed by atoms with Crippen LogP contribution in [0.25, 0.3) is 0 Å². The van der Waals surface area contributed by atoms with E-state index in [1.165, 1.54) is 11.0 Å². The summed E-state index contributed by atoms with van der Waals surface area (Å²) in [6.45, 7) is 0.517. The highest BCUT2D eigenvalue weighted by Gasteiger charge is 2.47. The summed E-state index contributed by atoms with van der Waals surface area (Å²) in [5.41, 5.74) is 1.14. The van der Waals surface area contributed by atoms with Gasteiger partial charge < -0.3 is 10.4 Å². The molecule has 1 heterocycles. The van der Waals surface area contributed by atoms with E-state index in [2.05, 4.69) is 5.32 Å². The number of urea groups is 1. The van der Waals surface area contributed by atoms with Crippen LogP contribution in [0.15, 0.2) is 18.2 Å². The Morgan fingerprint density at radius 1 is 1.32 bits per heavy atom. The van der Waals surface area contributed by atoms with Crippen molar-refractivity contribution >= 4 is 17.7 Å². The number of halogens is 1. The van der Waals surface area contributed by atoms with Gasteiger partial charge in [-0.2, -0.15) is 0 Å². The third-order valence-corrected chi connectivity index (χ3v) is 4.71. The molecule has 0 bridgehead atoms. The SMILES string of the molecule is O=C(O)CCNC(=O)N1CC2(CCCC2)c2cccc(F)c21. The van der Waals surface area contributed by atoms with Crippen molar-refractivity contribution in [3.05, 3.63) is 29.6 Å². The molecule has 0 unspecified atom stereocenters. The number of hydrogen-bond donors (Lipinski definition) is 2. The zero-order chi connectivity index (χ0) is 15.7. The first-order chi connectivity index (χ1) is 10.5. The van der Waals surface area contributed by atoms with Crippen LogP contribution in [0.3, 0.4) is 0 Å². The molecular formula is C16H19FN2O3. The number of carbonyl (C=O) groups excluding carboxylic acids is 1. The van der Waals surface area contributed by atoms with Gasteiger partial charge in [-0.1, -0.05) is 25.0 Å². The quantitative estimate of drug-likeness (QED) is 0.902. The molecule has 1 aliphatic heterocycles. The molecule has 0 radical (unpaired) electrons. The lowest BCUT2D eigenvalue weighted by molar-refractivity contribution is -0.136. The first-order valence-electron chi connectivity index (χ1n) is 7.60. The van der Waals surface area contributed by atoms with Gasteiger partial charge in [0, 0.05) is 18.5 Å². The van der Waals surface area contributed by atoms with E-state index in [1.54, 1.807) is 6.07 Å². The molecule has 5 nitrogen and oxygen atoms in total. The largest absolute Gasteiger partial charge is 0.481 e. The standard InChI is InChI=1S/C16H19FN2O3/c17-12-5-3-4-11-14(12)19(10-16(11)7-1-2-8-16)15(22)18-9-6-13(20)21/h3-5H,1-2,6-10H2,(H,18,22)(H,20,21). The summed E-state index contributed by atoms with van der Waals surface area (Å²) in [5, 5.41) is 11.2. The number of benzene rings is 1. The number of carbonyl (C=O) groups is 2. The highest BCUT2D eigenvalue weighted by molar-refractivity contribution is 5.95. The Hall–Kier alpha value is -2.11. The maximum Gasteiger partial charge on any atom is 0.322 e. The summed E-state index contributed by atoms with van der Waals surface area (Å²) in [6.07, 6.45) is 3.95. The topological polar surface area (TPSA) is 69.6 Å². The van der Waals surface area contributed by atoms with Crippen molar-refractivity contribution in [3.8, 4) is 0 Å². The molecule has 1 aliphatic carbocycles. The molecule has 6 heteroatoms. The van der Waals surface area contributed by atoms with E-state index in [4.69, 9.17) is 5.11 Å². The lowest BCUT2D eigenvalue weighted by atomic mass is 9.81. The first-order valence-corrected chi connectivity index (χ1v) is 7.60. The molecule has 118 valence electrons. The van der Waals surface area contributed by atoms with Crippen molar-refractivity contribution in [2.24, 2.45) is 0 Å². The Labute approximate surface area is 128 Å². The Morgan fingerprint density at radius 2 is 2.05 bits per heavy atom. The molecule has 22 heavy (non-hydrogen) atoms. The fraction of sp³-hybridized carbons (Fsp3) is 0.500. The number of carboxylic acid groups (broad SMARTS) is 1. The second-order valence-corrected chi connectivity index (χ2v) is 6.09. The number of nitrogens with one attached hydrogen (secondary N) is 1. The van der Waals surface area contributed by atoms with Crippen molar-refractivity contribution < 1.29 is 19.1 Å². The highest BCUT2D eigenvalue weighted by atomic mass is 19.1. The van der Waals surface area contributed by atoms with E-state index >= 15 is 0 Å². The van der Waals surface area contributed by atoms with E-state index in [0.29, 0.717) is 12.2 Å². The van der Waals surface area contributed by atoms with Gasteiger partial charge in [0.25, 0.3) is 0 Å². The minimum absolute atomic E-state index is 0.0431. The van der Waals surface area contributed by atoms with Gasteiger partial charge in [-0.05, 0) is 24.5 Å². The molecule has 2 N–H and O–H groups in total. The minimum atomic E-state index is -0.972. The van der Waals surface area contributed by atoms with Gasteiger partial charge in [0.2, 0.25) is 0 Å². The number of rotatable bonds is 3. The lowest BCUT2D eigenvalue weighted by Gasteiger charge is -2.24. The summed E-state index contributed by atoms with van der Waals surface area (Å²) in [6, 6.07) is 4.55. The van der Waals surface area contributed by atoms with E-state index in [0.717, 1.165) is 31.2 Å². The molecule has 3 rings (SSSR count). The maximum atomic E-state index is 14.3. The third kappa shape index (κ3) is 2.42. The number of anilines is 1. The summed E-state index contributed by atoms with van der Waals surface area (Å²) in [4.78, 5) is 24.3. The van der Waals surface area contributed by atoms with Crippen LogP contribution >= 0.6 is 0 Å². The molecule has 1 aromatic carbocycles. The molecule has 2 aliphatic rings. The monoisotopic (exact) mass is 306 g/mol. The molecular weight excluding hydrogens is 287 g/mol. The fourth-order valence-electron chi connectivity index (χ4n) is 3.71. The lowest BCUT2D eigenvalue weighted by Crippen LogP contribution is -2.43. The van der Waals surface area contributed by atoms with Crippen molar-refractivity contribution in [1.29, 1.82) is 0 Å². The highest BCUT2D eigenvalue weighted by Crippen LogP contribution is 2.51. The van der Waals surface area contributed by atoms with Crippen LogP contribution in [0.2, 0.25) is 0 Å². The Bertz CT molecular complexity index is 611. The second kappa shape index (κ2) is 5.59. The number of para-hydroxylation sites is 1. The average Bonchev–Trinajstić information content (AvgIpc) is 3.06. The normalized spacial score (nSPS) is 18.5. The molecule has 1 aromatic rings. The summed E-state index contributed by atoms with van der Waals surface area (Å²) >= 11 is 0. The van der Waals surface area contributed by atoms with Gasteiger partial charge in [-0.3, -0.25) is 9.69 Å². The smallest absolute Gasteiger partial charge is 0.322 e. The fourth-order valence-corrected chi connectivity index (χ4v) is 3.71. The van der Waals surface area contributed by atoms with Gasteiger partial charge in [-0.25, -0.2) is 9.18 Å². The van der Waals surface area contributed by atoms with Gasteiger partial charge in [0.05, 0.1) is 12.1 Å². The zero-order valence-electron chi connectivity index (χ0n) is 12.3. The summed E-state index contributed by atoms with van der Waals surface area (Å²) in [7, 11) is 0. The maximum absolute atomic E-state index is 14.3. The molecule has 1 fully saturated rings. The number of aliphatic carboxylic acids is 1. The van der Waals surface area contributed by atoms with E-state index in [1.807, 2.05) is 6.07 Å². The van der Waals surface area contributed by atoms with Crippen molar-refractivity contribution in [3.63, 3.8) is 0 Å². The average molecular weight is 306 g/mol. The molecule has 1 saturated carbocycles. The predicted octanol–water partition coefficient (Wildman–Crippen LogP) is 2.64. The van der Waals surface area contributed by atoms with E-state index in [9.17, 15) is 14.0 Å². The number of amides is 2.